The summed E-state index contributed by atoms with van der Waals surface area (Å²) in [6, 6.07) is 2.11. The zero-order valence-corrected chi connectivity index (χ0v) is 16.5. The Morgan fingerprint density at radius 3 is 2.58 bits per heavy atom. The molecule has 0 aromatic carbocycles. The Hall–Kier alpha value is -1.46. The summed E-state index contributed by atoms with van der Waals surface area (Å²) in [6.45, 7) is 13.2. The second-order valence-corrected chi connectivity index (χ2v) is 9.20. The van der Waals surface area contributed by atoms with Gasteiger partial charge in [0.2, 0.25) is 5.91 Å². The number of nitrogens with one attached hydrogen (secondary N) is 1. The second kappa shape index (κ2) is 6.31. The van der Waals surface area contributed by atoms with Gasteiger partial charge in [0.05, 0.1) is 13.2 Å². The molecule has 1 aliphatic heterocycles. The molecule has 5 heteroatoms. The molecule has 1 N–H and O–H groups in total. The molecule has 1 saturated carbocycles. The first kappa shape index (κ1) is 17.9. The van der Waals surface area contributed by atoms with Gasteiger partial charge < -0.3 is 10.1 Å². The molecule has 1 amide bonds. The first-order chi connectivity index (χ1) is 12.3. The lowest BCUT2D eigenvalue weighted by atomic mass is 10.0. The molecular formula is C21H31N3O2. The molecule has 0 radical (unpaired) electrons. The molecule has 2 fully saturated rings. The van der Waals surface area contributed by atoms with Gasteiger partial charge in [-0.15, -0.1) is 0 Å². The van der Waals surface area contributed by atoms with Gasteiger partial charge in [0, 0.05) is 31.2 Å². The maximum Gasteiger partial charge on any atom is 0.229 e. The van der Waals surface area contributed by atoms with Crippen LogP contribution in [0.4, 0.5) is 5.82 Å². The molecule has 1 aromatic heterocycles. The Labute approximate surface area is 156 Å². The van der Waals surface area contributed by atoms with Crippen molar-refractivity contribution in [2.75, 3.05) is 31.6 Å². The third kappa shape index (κ3) is 2.95. The Morgan fingerprint density at radius 1 is 1.23 bits per heavy atom. The molecule has 2 heterocycles. The largest absolute Gasteiger partial charge is 0.379 e. The van der Waals surface area contributed by atoms with E-state index in [1.807, 2.05) is 0 Å². The van der Waals surface area contributed by atoms with E-state index in [4.69, 9.17) is 9.72 Å². The number of amides is 1. The van der Waals surface area contributed by atoms with Crippen LogP contribution in [0.3, 0.4) is 0 Å². The minimum absolute atomic E-state index is 0.0461. The minimum atomic E-state index is 0.0461. The number of aryl methyl sites for hydroxylation is 1. The van der Waals surface area contributed by atoms with Crippen LogP contribution in [0.15, 0.2) is 6.07 Å². The number of hydrogen-bond donors (Lipinski definition) is 1. The second-order valence-electron chi connectivity index (χ2n) is 9.20. The van der Waals surface area contributed by atoms with Crippen LogP contribution in [0.25, 0.3) is 0 Å². The van der Waals surface area contributed by atoms with Crippen molar-refractivity contribution >= 4 is 11.7 Å². The van der Waals surface area contributed by atoms with Crippen LogP contribution in [0.1, 0.15) is 50.9 Å². The molecule has 2 aliphatic carbocycles. The Bertz CT molecular complexity index is 706. The van der Waals surface area contributed by atoms with E-state index >= 15 is 0 Å². The van der Waals surface area contributed by atoms with E-state index in [1.165, 1.54) is 23.2 Å². The molecule has 0 bridgehead atoms. The van der Waals surface area contributed by atoms with Crippen LogP contribution in [0.2, 0.25) is 0 Å². The van der Waals surface area contributed by atoms with E-state index in [2.05, 4.69) is 44.0 Å². The monoisotopic (exact) mass is 357 g/mol. The predicted molar refractivity (Wildman–Crippen MR) is 102 cm³/mol. The number of pyridine rings is 1. The minimum Gasteiger partial charge on any atom is -0.379 e. The number of fused-ring (bicyclic) bond motifs is 1. The average Bonchev–Trinajstić information content (AvgIpc) is 2.91. The van der Waals surface area contributed by atoms with Crippen LogP contribution in [-0.2, 0) is 28.9 Å². The van der Waals surface area contributed by atoms with E-state index in [0.29, 0.717) is 0 Å². The lowest BCUT2D eigenvalue weighted by molar-refractivity contribution is -0.118. The van der Waals surface area contributed by atoms with Crippen LogP contribution in [0, 0.1) is 16.7 Å². The number of hydrogen-bond acceptors (Lipinski definition) is 4. The Kier molecular flexibility index (Phi) is 4.35. The Balaban J connectivity index is 1.54. The summed E-state index contributed by atoms with van der Waals surface area (Å²) in [5.41, 5.74) is 4.01. The summed E-state index contributed by atoms with van der Waals surface area (Å²) in [5, 5.41) is 3.13. The number of carbonyl (C=O) groups excluding carboxylic acids is 1. The van der Waals surface area contributed by atoms with Crippen molar-refractivity contribution in [1.29, 1.82) is 0 Å². The van der Waals surface area contributed by atoms with Gasteiger partial charge in [-0.25, -0.2) is 4.98 Å². The van der Waals surface area contributed by atoms with E-state index in [0.717, 1.165) is 51.5 Å². The summed E-state index contributed by atoms with van der Waals surface area (Å²) >= 11 is 0. The molecule has 142 valence electrons. The van der Waals surface area contributed by atoms with Gasteiger partial charge >= 0.3 is 0 Å². The number of carbonyl (C=O) groups is 1. The Morgan fingerprint density at radius 2 is 1.92 bits per heavy atom. The molecule has 0 unspecified atom stereocenters. The fourth-order valence-electron chi connectivity index (χ4n) is 4.88. The summed E-state index contributed by atoms with van der Waals surface area (Å²) in [5.74, 6) is 0.896. The summed E-state index contributed by atoms with van der Waals surface area (Å²) in [4.78, 5) is 20.0. The molecule has 5 nitrogen and oxygen atoms in total. The van der Waals surface area contributed by atoms with Gasteiger partial charge in [0.15, 0.2) is 0 Å². The third-order valence-electron chi connectivity index (χ3n) is 7.17. The summed E-state index contributed by atoms with van der Waals surface area (Å²) < 4.78 is 5.47. The van der Waals surface area contributed by atoms with Gasteiger partial charge in [-0.3, -0.25) is 9.69 Å². The average molecular weight is 357 g/mol. The lowest BCUT2D eigenvalue weighted by Gasteiger charge is -2.27. The number of ether oxygens (including phenoxy) is 1. The maximum atomic E-state index is 12.8. The van der Waals surface area contributed by atoms with Gasteiger partial charge in [-0.2, -0.15) is 0 Å². The van der Waals surface area contributed by atoms with Crippen molar-refractivity contribution in [3.05, 3.63) is 22.9 Å². The number of morpholine rings is 1. The SMILES string of the molecule is CC1(C)C(C(=O)Nc2cc(CN3CCOCC3)c3c(n2)CCC3)C1(C)C. The van der Waals surface area contributed by atoms with Crippen LogP contribution in [-0.4, -0.2) is 42.1 Å². The van der Waals surface area contributed by atoms with E-state index < -0.39 is 0 Å². The van der Waals surface area contributed by atoms with Gasteiger partial charge in [0.1, 0.15) is 5.82 Å². The first-order valence-corrected chi connectivity index (χ1v) is 9.93. The molecule has 4 rings (SSSR count). The van der Waals surface area contributed by atoms with Crippen molar-refractivity contribution in [1.82, 2.24) is 9.88 Å². The van der Waals surface area contributed by atoms with Crippen molar-refractivity contribution in [3.63, 3.8) is 0 Å². The number of nitrogens with zero attached hydrogens (tertiary/aromatic N) is 2. The molecule has 1 saturated heterocycles. The zero-order valence-electron chi connectivity index (χ0n) is 16.5. The molecule has 3 aliphatic rings. The highest BCUT2D eigenvalue weighted by atomic mass is 16.5. The normalized spacial score (nSPS) is 24.3. The van der Waals surface area contributed by atoms with E-state index in [9.17, 15) is 4.79 Å². The van der Waals surface area contributed by atoms with Crippen LogP contribution < -0.4 is 5.32 Å². The predicted octanol–water partition coefficient (Wildman–Crippen LogP) is 3.02. The summed E-state index contributed by atoms with van der Waals surface area (Å²) in [7, 11) is 0. The van der Waals surface area contributed by atoms with Crippen LogP contribution in [0.5, 0.6) is 0 Å². The van der Waals surface area contributed by atoms with Crippen molar-refractivity contribution in [2.45, 2.75) is 53.5 Å². The number of rotatable bonds is 4. The van der Waals surface area contributed by atoms with Crippen molar-refractivity contribution < 1.29 is 9.53 Å². The number of aromatic nitrogens is 1. The fraction of sp³-hybridized carbons (Fsp3) is 0.714. The first-order valence-electron chi connectivity index (χ1n) is 9.93. The third-order valence-corrected chi connectivity index (χ3v) is 7.17. The maximum absolute atomic E-state index is 12.8. The highest BCUT2D eigenvalue weighted by Gasteiger charge is 2.68. The standard InChI is InChI=1S/C21H31N3O2/c1-20(2)18(21(20,3)4)19(25)23-17-12-14(13-24-8-10-26-11-9-24)15-6-5-7-16(15)22-17/h12,18H,5-11,13H2,1-4H3,(H,22,23,25). The van der Waals surface area contributed by atoms with Crippen LogP contribution >= 0.6 is 0 Å². The highest BCUT2D eigenvalue weighted by Crippen LogP contribution is 2.68. The van der Waals surface area contributed by atoms with Gasteiger partial charge in [-0.1, -0.05) is 27.7 Å². The van der Waals surface area contributed by atoms with Crippen molar-refractivity contribution in [2.24, 2.45) is 16.7 Å². The molecule has 0 spiro atoms. The highest BCUT2D eigenvalue weighted by molar-refractivity contribution is 5.95. The quantitative estimate of drug-likeness (QED) is 0.900. The molecule has 26 heavy (non-hydrogen) atoms. The topological polar surface area (TPSA) is 54.5 Å². The smallest absolute Gasteiger partial charge is 0.229 e. The van der Waals surface area contributed by atoms with Gasteiger partial charge in [-0.05, 0) is 47.3 Å². The molecule has 0 atom stereocenters. The van der Waals surface area contributed by atoms with E-state index in [-0.39, 0.29) is 22.7 Å². The number of anilines is 1. The van der Waals surface area contributed by atoms with Gasteiger partial charge in [0.25, 0.3) is 0 Å². The summed E-state index contributed by atoms with van der Waals surface area (Å²) in [6.07, 6.45) is 3.30. The lowest BCUT2D eigenvalue weighted by Crippen LogP contribution is -2.36. The van der Waals surface area contributed by atoms with Crippen molar-refractivity contribution in [3.8, 4) is 0 Å². The van der Waals surface area contributed by atoms with E-state index in [1.54, 1.807) is 0 Å². The fourth-order valence-corrected chi connectivity index (χ4v) is 4.88. The molecular weight excluding hydrogens is 326 g/mol. The molecule has 1 aromatic rings. The zero-order chi connectivity index (χ0) is 18.5.